The van der Waals surface area contributed by atoms with E-state index in [9.17, 15) is 31.1 Å². The van der Waals surface area contributed by atoms with E-state index in [1.165, 1.54) is 0 Å². The van der Waals surface area contributed by atoms with Gasteiger partial charge in [0.2, 0.25) is 0 Å². The zero-order valence-electron chi connectivity index (χ0n) is 5.68. The van der Waals surface area contributed by atoms with Crippen LogP contribution >= 0.6 is 0 Å². The van der Waals surface area contributed by atoms with Crippen LogP contribution in [0.25, 0.3) is 0 Å². The van der Waals surface area contributed by atoms with Crippen molar-refractivity contribution in [1.29, 1.82) is 0 Å². The molecule has 0 spiro atoms. The molecule has 0 amide bonds. The first-order chi connectivity index (χ1) is 5.83. The van der Waals surface area contributed by atoms with Crippen molar-refractivity contribution in [2.24, 2.45) is 0 Å². The van der Waals surface area contributed by atoms with E-state index in [4.69, 9.17) is 0 Å². The molecule has 0 heterocycles. The van der Waals surface area contributed by atoms with Gasteiger partial charge in [-0.25, -0.2) is 22.0 Å². The molecule has 0 unspecified atom stereocenters. The van der Waals surface area contributed by atoms with Gasteiger partial charge in [0.25, 0.3) is 0 Å². The molecule has 1 rings (SSSR count). The van der Waals surface area contributed by atoms with Crippen molar-refractivity contribution in [3.63, 3.8) is 0 Å². The predicted molar refractivity (Wildman–Crippen MR) is 28.4 cm³/mol. The van der Waals surface area contributed by atoms with Gasteiger partial charge in [-0.1, -0.05) is 0 Å². The molecule has 0 saturated heterocycles. The standard InChI is InChI=1S/C6F6O/c7-1-2(8)4(10)6(12,3(1)9)5(11)13. The van der Waals surface area contributed by atoms with E-state index in [2.05, 4.69) is 0 Å². The molecule has 7 heteroatoms. The fourth-order valence-electron chi connectivity index (χ4n) is 0.764. The Bertz CT molecular complexity index is 317. The summed E-state index contributed by atoms with van der Waals surface area (Å²) < 4.78 is 73.1. The molecule has 1 aliphatic carbocycles. The zero-order chi connectivity index (χ0) is 10.4. The summed E-state index contributed by atoms with van der Waals surface area (Å²) in [6, 6.07) is -3.15. The second-order valence-corrected chi connectivity index (χ2v) is 2.19. The number of halogens is 6. The quantitative estimate of drug-likeness (QED) is 0.471. The molecular weight excluding hydrogens is 202 g/mol. The second kappa shape index (κ2) is 2.61. The maximum atomic E-state index is 12.7. The van der Waals surface area contributed by atoms with Gasteiger partial charge in [-0.2, -0.15) is 4.39 Å². The molecule has 0 saturated carbocycles. The molecule has 0 fully saturated rings. The van der Waals surface area contributed by atoms with Crippen LogP contribution in [0.3, 0.4) is 0 Å². The maximum absolute atomic E-state index is 12.7. The number of carbonyl (C=O) groups excluding carboxylic acids is 1. The Morgan fingerprint density at radius 1 is 1.00 bits per heavy atom. The number of allylic oxidation sites excluding steroid dienone is 4. The van der Waals surface area contributed by atoms with Crippen LogP contribution in [0.4, 0.5) is 26.3 Å². The van der Waals surface area contributed by atoms with Gasteiger partial charge >= 0.3 is 11.7 Å². The molecule has 0 aliphatic heterocycles. The summed E-state index contributed by atoms with van der Waals surface area (Å²) in [7, 11) is 0. The average molecular weight is 202 g/mol. The normalized spacial score (nSPS) is 21.4. The fraction of sp³-hybridized carbons (Fsp3) is 0.167. The Hall–Kier alpha value is -1.27. The van der Waals surface area contributed by atoms with Crippen LogP contribution < -0.4 is 0 Å². The molecule has 1 aliphatic rings. The van der Waals surface area contributed by atoms with Crippen LogP contribution in [-0.2, 0) is 4.79 Å². The highest BCUT2D eigenvalue weighted by molar-refractivity contribution is 5.87. The van der Waals surface area contributed by atoms with Crippen LogP contribution in [0.15, 0.2) is 23.3 Å². The Kier molecular flexibility index (Phi) is 1.97. The molecule has 13 heavy (non-hydrogen) atoms. The summed E-state index contributed by atoms with van der Waals surface area (Å²) in [4.78, 5) is 9.76. The number of hydrogen-bond acceptors (Lipinski definition) is 1. The van der Waals surface area contributed by atoms with Gasteiger partial charge in [0.05, 0.1) is 0 Å². The van der Waals surface area contributed by atoms with Crippen LogP contribution in [-0.4, -0.2) is 11.7 Å². The molecule has 0 aromatic carbocycles. The number of hydrogen-bond donors (Lipinski definition) is 0. The van der Waals surface area contributed by atoms with Crippen molar-refractivity contribution < 1.29 is 31.1 Å². The summed E-state index contributed by atoms with van der Waals surface area (Å²) in [5, 5.41) is 0. The molecular formula is C6F6O. The minimum atomic E-state index is -4.58. The zero-order valence-corrected chi connectivity index (χ0v) is 5.68. The van der Waals surface area contributed by atoms with Crippen molar-refractivity contribution in [1.82, 2.24) is 0 Å². The van der Waals surface area contributed by atoms with Gasteiger partial charge in [0.15, 0.2) is 23.3 Å². The van der Waals surface area contributed by atoms with Gasteiger partial charge in [0, 0.05) is 0 Å². The van der Waals surface area contributed by atoms with Crippen LogP contribution in [0.2, 0.25) is 0 Å². The Balaban J connectivity index is 3.39. The number of carbonyl (C=O) groups is 1. The Morgan fingerprint density at radius 3 is 1.46 bits per heavy atom. The minimum Gasteiger partial charge on any atom is -0.256 e. The molecule has 0 N–H and O–H groups in total. The average Bonchev–Trinajstić information content (AvgIpc) is 2.22. The lowest BCUT2D eigenvalue weighted by molar-refractivity contribution is -0.139. The third kappa shape index (κ3) is 0.991. The van der Waals surface area contributed by atoms with Gasteiger partial charge in [-0.15, -0.1) is 0 Å². The summed E-state index contributed by atoms with van der Waals surface area (Å²) in [6.07, 6.45) is 0. The molecule has 1 nitrogen and oxygen atoms in total. The van der Waals surface area contributed by atoms with Crippen molar-refractivity contribution in [3.05, 3.63) is 23.3 Å². The lowest BCUT2D eigenvalue weighted by Gasteiger charge is -2.09. The first kappa shape index (κ1) is 9.82. The predicted octanol–water partition coefficient (Wildman–Crippen LogP) is 2.51. The fourth-order valence-corrected chi connectivity index (χ4v) is 0.764. The monoisotopic (exact) mass is 202 g/mol. The van der Waals surface area contributed by atoms with Crippen LogP contribution in [0.5, 0.6) is 0 Å². The molecule has 0 bridgehead atoms. The molecule has 0 aromatic heterocycles. The first-order valence-corrected chi connectivity index (χ1v) is 2.84. The van der Waals surface area contributed by atoms with Gasteiger partial charge < -0.3 is 0 Å². The lowest BCUT2D eigenvalue weighted by Crippen LogP contribution is -2.30. The van der Waals surface area contributed by atoms with Gasteiger partial charge in [-0.3, -0.25) is 4.79 Å². The minimum absolute atomic E-state index is 2.54. The Morgan fingerprint density at radius 2 is 1.31 bits per heavy atom. The highest BCUT2D eigenvalue weighted by atomic mass is 19.2. The second-order valence-electron chi connectivity index (χ2n) is 2.19. The summed E-state index contributed by atoms with van der Waals surface area (Å²) in [6.45, 7) is 0. The van der Waals surface area contributed by atoms with E-state index < -0.39 is 35.0 Å². The molecule has 0 aromatic rings. The largest absolute Gasteiger partial charge is 0.352 e. The summed E-state index contributed by atoms with van der Waals surface area (Å²) >= 11 is 0. The SMILES string of the molecule is O=C(F)C1(F)C(F)=C(F)C(F)=C1F. The van der Waals surface area contributed by atoms with E-state index in [0.29, 0.717) is 0 Å². The van der Waals surface area contributed by atoms with Crippen LogP contribution in [0, 0.1) is 0 Å². The highest BCUT2D eigenvalue weighted by Crippen LogP contribution is 2.46. The number of rotatable bonds is 1. The summed E-state index contributed by atoms with van der Waals surface area (Å²) in [5.74, 6) is -10.6. The smallest absolute Gasteiger partial charge is 0.256 e. The van der Waals surface area contributed by atoms with Crippen molar-refractivity contribution >= 4 is 6.04 Å². The molecule has 72 valence electrons. The van der Waals surface area contributed by atoms with E-state index in [0.717, 1.165) is 0 Å². The lowest BCUT2D eigenvalue weighted by atomic mass is 10.1. The van der Waals surface area contributed by atoms with E-state index in [1.54, 1.807) is 0 Å². The van der Waals surface area contributed by atoms with E-state index in [1.807, 2.05) is 0 Å². The van der Waals surface area contributed by atoms with Crippen LogP contribution in [0.1, 0.15) is 0 Å². The third-order valence-corrected chi connectivity index (χ3v) is 1.45. The summed E-state index contributed by atoms with van der Waals surface area (Å²) in [5.41, 5.74) is -4.58. The number of alkyl halides is 1. The maximum Gasteiger partial charge on any atom is 0.352 e. The van der Waals surface area contributed by atoms with Crippen molar-refractivity contribution in [2.75, 3.05) is 0 Å². The highest BCUT2D eigenvalue weighted by Gasteiger charge is 2.58. The van der Waals surface area contributed by atoms with E-state index >= 15 is 0 Å². The molecule has 0 radical (unpaired) electrons. The van der Waals surface area contributed by atoms with Crippen molar-refractivity contribution in [3.8, 4) is 0 Å². The van der Waals surface area contributed by atoms with E-state index in [-0.39, 0.29) is 0 Å². The topological polar surface area (TPSA) is 17.1 Å². The van der Waals surface area contributed by atoms with Gasteiger partial charge in [-0.05, 0) is 0 Å². The Labute approximate surface area is 67.3 Å². The first-order valence-electron chi connectivity index (χ1n) is 2.84. The molecule has 0 atom stereocenters. The third-order valence-electron chi connectivity index (χ3n) is 1.45. The van der Waals surface area contributed by atoms with Gasteiger partial charge in [0.1, 0.15) is 0 Å². The van der Waals surface area contributed by atoms with Crippen molar-refractivity contribution in [2.45, 2.75) is 5.67 Å².